The normalized spacial score (nSPS) is 18.6. The highest BCUT2D eigenvalue weighted by Crippen LogP contribution is 2.26. The van der Waals surface area contributed by atoms with Crippen LogP contribution in [-0.2, 0) is 21.4 Å². The standard InChI is InChI=1S/C16H17FN2O4S/c17-12-5-7-14(8-6-12)24(21,22)19-9-1-4-15(19)16(20)18-11-13-3-2-10-23-13/h2-3,5-8,10,15H,1,4,9,11H2,(H,18,20)/t15-/m0/s1. The first-order valence-corrected chi connectivity index (χ1v) is 9.00. The number of sulfonamides is 1. The Morgan fingerprint density at radius 2 is 2.04 bits per heavy atom. The van der Waals surface area contributed by atoms with Crippen molar-refractivity contribution in [3.05, 3.63) is 54.2 Å². The Kier molecular flexibility index (Phi) is 4.68. The highest BCUT2D eigenvalue weighted by Gasteiger charge is 2.39. The first-order valence-electron chi connectivity index (χ1n) is 7.56. The van der Waals surface area contributed by atoms with Gasteiger partial charge in [-0.05, 0) is 49.2 Å². The lowest BCUT2D eigenvalue weighted by atomic mass is 10.2. The maximum absolute atomic E-state index is 13.0. The summed E-state index contributed by atoms with van der Waals surface area (Å²) in [5, 5.41) is 2.69. The van der Waals surface area contributed by atoms with Gasteiger partial charge in [-0.3, -0.25) is 4.79 Å². The fourth-order valence-corrected chi connectivity index (χ4v) is 4.39. The van der Waals surface area contributed by atoms with Crippen LogP contribution in [0.5, 0.6) is 0 Å². The van der Waals surface area contributed by atoms with Crippen molar-refractivity contribution < 1.29 is 22.0 Å². The summed E-state index contributed by atoms with van der Waals surface area (Å²) in [7, 11) is -3.84. The second kappa shape index (κ2) is 6.74. The number of halogens is 1. The van der Waals surface area contributed by atoms with E-state index in [4.69, 9.17) is 4.42 Å². The predicted octanol–water partition coefficient (Wildman–Crippen LogP) is 1.89. The number of carbonyl (C=O) groups excluding carboxylic acids is 1. The SMILES string of the molecule is O=C(NCc1ccco1)[C@@H]1CCCN1S(=O)(=O)c1ccc(F)cc1. The molecule has 0 bridgehead atoms. The molecule has 0 aliphatic carbocycles. The highest BCUT2D eigenvalue weighted by molar-refractivity contribution is 7.89. The van der Waals surface area contributed by atoms with Crippen molar-refractivity contribution in [2.75, 3.05) is 6.54 Å². The molecule has 3 rings (SSSR count). The molecule has 1 N–H and O–H groups in total. The first kappa shape index (κ1) is 16.7. The molecule has 1 saturated heterocycles. The van der Waals surface area contributed by atoms with Gasteiger partial charge in [0.1, 0.15) is 17.6 Å². The average molecular weight is 352 g/mol. The molecule has 8 heteroatoms. The molecule has 1 atom stereocenters. The number of nitrogens with one attached hydrogen (secondary N) is 1. The Labute approximate surface area is 139 Å². The lowest BCUT2D eigenvalue weighted by molar-refractivity contribution is -0.124. The molecule has 0 unspecified atom stereocenters. The predicted molar refractivity (Wildman–Crippen MR) is 83.9 cm³/mol. The Bertz CT molecular complexity index is 803. The molecule has 2 aromatic rings. The van der Waals surface area contributed by atoms with Crippen LogP contribution < -0.4 is 5.32 Å². The maximum Gasteiger partial charge on any atom is 0.243 e. The molecule has 1 amide bonds. The number of hydrogen-bond donors (Lipinski definition) is 1. The molecule has 1 aliphatic heterocycles. The lowest BCUT2D eigenvalue weighted by Gasteiger charge is -2.23. The van der Waals surface area contributed by atoms with Crippen LogP contribution in [0.2, 0.25) is 0 Å². The molecule has 0 saturated carbocycles. The fourth-order valence-electron chi connectivity index (χ4n) is 2.74. The van der Waals surface area contributed by atoms with Crippen molar-refractivity contribution >= 4 is 15.9 Å². The minimum atomic E-state index is -3.84. The monoisotopic (exact) mass is 352 g/mol. The van der Waals surface area contributed by atoms with Crippen LogP contribution in [-0.4, -0.2) is 31.2 Å². The van der Waals surface area contributed by atoms with Gasteiger partial charge >= 0.3 is 0 Å². The third kappa shape index (κ3) is 3.34. The van der Waals surface area contributed by atoms with Gasteiger partial charge in [-0.1, -0.05) is 0 Å². The van der Waals surface area contributed by atoms with Crippen molar-refractivity contribution in [1.29, 1.82) is 0 Å². The van der Waals surface area contributed by atoms with Crippen LogP contribution in [0.1, 0.15) is 18.6 Å². The smallest absolute Gasteiger partial charge is 0.243 e. The molecule has 2 heterocycles. The summed E-state index contributed by atoms with van der Waals surface area (Å²) in [5.41, 5.74) is 0. The summed E-state index contributed by atoms with van der Waals surface area (Å²) in [4.78, 5) is 12.3. The third-order valence-electron chi connectivity index (χ3n) is 3.94. The molecule has 0 spiro atoms. The summed E-state index contributed by atoms with van der Waals surface area (Å²) >= 11 is 0. The molecular formula is C16H17FN2O4S. The van der Waals surface area contributed by atoms with E-state index in [0.29, 0.717) is 18.6 Å². The fraction of sp³-hybridized carbons (Fsp3) is 0.312. The topological polar surface area (TPSA) is 79.6 Å². The van der Waals surface area contributed by atoms with E-state index in [1.165, 1.54) is 22.7 Å². The molecular weight excluding hydrogens is 335 g/mol. The quantitative estimate of drug-likeness (QED) is 0.891. The number of nitrogens with zero attached hydrogens (tertiary/aromatic N) is 1. The Balaban J connectivity index is 1.74. The molecule has 1 aromatic carbocycles. The van der Waals surface area contributed by atoms with Crippen LogP contribution >= 0.6 is 0 Å². The van der Waals surface area contributed by atoms with Gasteiger partial charge in [-0.25, -0.2) is 12.8 Å². The molecule has 0 radical (unpaired) electrons. The van der Waals surface area contributed by atoms with Crippen LogP contribution in [0.4, 0.5) is 4.39 Å². The van der Waals surface area contributed by atoms with E-state index in [1.54, 1.807) is 12.1 Å². The van der Waals surface area contributed by atoms with E-state index >= 15 is 0 Å². The second-order valence-corrected chi connectivity index (χ2v) is 7.42. The zero-order valence-corrected chi connectivity index (χ0v) is 13.6. The minimum Gasteiger partial charge on any atom is -0.467 e. The second-order valence-electron chi connectivity index (χ2n) is 5.52. The summed E-state index contributed by atoms with van der Waals surface area (Å²) in [6.07, 6.45) is 2.55. The minimum absolute atomic E-state index is 0.0189. The van der Waals surface area contributed by atoms with Crippen molar-refractivity contribution in [3.63, 3.8) is 0 Å². The number of benzene rings is 1. The summed E-state index contributed by atoms with van der Waals surface area (Å²) < 4.78 is 44.7. The number of amides is 1. The van der Waals surface area contributed by atoms with E-state index in [2.05, 4.69) is 5.32 Å². The molecule has 6 nitrogen and oxygen atoms in total. The number of rotatable bonds is 5. The van der Waals surface area contributed by atoms with Crippen LogP contribution in [0, 0.1) is 5.82 Å². The number of hydrogen-bond acceptors (Lipinski definition) is 4. The zero-order valence-electron chi connectivity index (χ0n) is 12.8. The molecule has 128 valence electrons. The van der Waals surface area contributed by atoms with Crippen molar-refractivity contribution in [2.24, 2.45) is 0 Å². The van der Waals surface area contributed by atoms with Gasteiger partial charge in [-0.15, -0.1) is 0 Å². The van der Waals surface area contributed by atoms with Crippen molar-refractivity contribution in [3.8, 4) is 0 Å². The van der Waals surface area contributed by atoms with Crippen LogP contribution in [0.15, 0.2) is 52.0 Å². The summed E-state index contributed by atoms with van der Waals surface area (Å²) in [6.45, 7) is 0.464. The first-order chi connectivity index (χ1) is 11.5. The summed E-state index contributed by atoms with van der Waals surface area (Å²) in [5.74, 6) is -0.285. The largest absolute Gasteiger partial charge is 0.467 e. The highest BCUT2D eigenvalue weighted by atomic mass is 32.2. The Hall–Kier alpha value is -2.19. The van der Waals surface area contributed by atoms with E-state index in [-0.39, 0.29) is 23.9 Å². The number of carbonyl (C=O) groups is 1. The lowest BCUT2D eigenvalue weighted by Crippen LogP contribution is -2.45. The molecule has 1 aromatic heterocycles. The Morgan fingerprint density at radius 1 is 1.29 bits per heavy atom. The van der Waals surface area contributed by atoms with Gasteiger partial charge in [0.2, 0.25) is 15.9 Å². The summed E-state index contributed by atoms with van der Waals surface area (Å²) in [6, 6.07) is 7.27. The van der Waals surface area contributed by atoms with Gasteiger partial charge in [0.05, 0.1) is 17.7 Å². The van der Waals surface area contributed by atoms with Crippen LogP contribution in [0.3, 0.4) is 0 Å². The number of furan rings is 1. The van der Waals surface area contributed by atoms with Gasteiger partial charge < -0.3 is 9.73 Å². The van der Waals surface area contributed by atoms with Crippen molar-refractivity contribution in [1.82, 2.24) is 9.62 Å². The van der Waals surface area contributed by atoms with E-state index in [1.807, 2.05) is 0 Å². The van der Waals surface area contributed by atoms with Gasteiger partial charge in [0, 0.05) is 6.54 Å². The average Bonchev–Trinajstić information content (AvgIpc) is 3.24. The van der Waals surface area contributed by atoms with Gasteiger partial charge in [0.15, 0.2) is 0 Å². The Morgan fingerprint density at radius 3 is 2.71 bits per heavy atom. The van der Waals surface area contributed by atoms with Crippen LogP contribution in [0.25, 0.3) is 0 Å². The third-order valence-corrected chi connectivity index (χ3v) is 5.87. The zero-order chi connectivity index (χ0) is 17.2. The van der Waals surface area contributed by atoms with Crippen molar-refractivity contribution in [2.45, 2.75) is 30.3 Å². The maximum atomic E-state index is 13.0. The molecule has 1 aliphatic rings. The van der Waals surface area contributed by atoms with E-state index < -0.39 is 21.9 Å². The molecule has 24 heavy (non-hydrogen) atoms. The van der Waals surface area contributed by atoms with Gasteiger partial charge in [0.25, 0.3) is 0 Å². The van der Waals surface area contributed by atoms with Gasteiger partial charge in [-0.2, -0.15) is 4.31 Å². The van der Waals surface area contributed by atoms with E-state index in [0.717, 1.165) is 12.1 Å². The van der Waals surface area contributed by atoms with E-state index in [9.17, 15) is 17.6 Å². The molecule has 1 fully saturated rings.